The van der Waals surface area contributed by atoms with Crippen LogP contribution < -0.4 is 4.90 Å². The van der Waals surface area contributed by atoms with Crippen molar-refractivity contribution in [2.24, 2.45) is 0 Å². The average Bonchev–Trinajstić information content (AvgIpc) is 2.86. The maximum absolute atomic E-state index is 5.76. The van der Waals surface area contributed by atoms with Crippen molar-refractivity contribution in [3.63, 3.8) is 0 Å². The van der Waals surface area contributed by atoms with E-state index in [1.807, 2.05) is 0 Å². The van der Waals surface area contributed by atoms with Gasteiger partial charge in [0.15, 0.2) is 10.8 Å². The summed E-state index contributed by atoms with van der Waals surface area (Å²) in [6, 6.07) is 0. The van der Waals surface area contributed by atoms with Crippen LogP contribution in [0, 0.1) is 0 Å². The van der Waals surface area contributed by atoms with E-state index in [4.69, 9.17) is 9.72 Å². The first kappa shape index (κ1) is 12.4. The first-order valence-corrected chi connectivity index (χ1v) is 8.00. The molecule has 0 aromatic carbocycles. The van der Waals surface area contributed by atoms with Gasteiger partial charge < -0.3 is 9.64 Å². The molecule has 0 N–H and O–H groups in total. The number of alkyl halides is 1. The summed E-state index contributed by atoms with van der Waals surface area (Å²) >= 11 is 5.25. The fraction of sp³-hybridized carbons (Fsp3) is 0.583. The lowest BCUT2D eigenvalue weighted by Gasteiger charge is -2.38. The van der Waals surface area contributed by atoms with E-state index in [0.29, 0.717) is 0 Å². The molecular formula is C12H16BrN3OS. The highest BCUT2D eigenvalue weighted by molar-refractivity contribution is 9.08. The molecule has 0 radical (unpaired) electrons. The van der Waals surface area contributed by atoms with Gasteiger partial charge in [-0.1, -0.05) is 15.9 Å². The molecule has 2 aromatic rings. The average molecular weight is 330 g/mol. The summed E-state index contributed by atoms with van der Waals surface area (Å²) in [6.07, 6.45) is 2.08. The maximum Gasteiger partial charge on any atom is 0.195 e. The molecule has 3 heterocycles. The molecule has 1 aliphatic heterocycles. The van der Waals surface area contributed by atoms with Crippen LogP contribution in [0.1, 0.15) is 19.5 Å². The highest BCUT2D eigenvalue weighted by Gasteiger charge is 2.30. The second kappa shape index (κ2) is 4.51. The van der Waals surface area contributed by atoms with Crippen LogP contribution in [0.3, 0.4) is 0 Å². The van der Waals surface area contributed by atoms with Gasteiger partial charge in [-0.2, -0.15) is 0 Å². The lowest BCUT2D eigenvalue weighted by atomic mass is 10.1. The Morgan fingerprint density at radius 1 is 1.56 bits per heavy atom. The van der Waals surface area contributed by atoms with Crippen LogP contribution in [0.15, 0.2) is 11.6 Å². The van der Waals surface area contributed by atoms with Crippen LogP contribution in [0.4, 0.5) is 5.82 Å². The first-order chi connectivity index (χ1) is 8.61. The molecule has 3 rings (SSSR count). The van der Waals surface area contributed by atoms with Gasteiger partial charge in [0, 0.05) is 30.0 Å². The summed E-state index contributed by atoms with van der Waals surface area (Å²) in [7, 11) is 0. The van der Waals surface area contributed by atoms with Gasteiger partial charge in [0.1, 0.15) is 0 Å². The Bertz CT molecular complexity index is 563. The van der Waals surface area contributed by atoms with Gasteiger partial charge in [0.25, 0.3) is 0 Å². The standard InChI is InChI=1S/C12H16BrN3OS/c1-12(2)8-15(3-5-17-12)10-9(7-13)16-4-6-18-11(16)14-10/h4,6H,3,5,7-8H2,1-2H3. The molecule has 1 fully saturated rings. The summed E-state index contributed by atoms with van der Waals surface area (Å²) in [4.78, 5) is 8.15. The molecule has 0 atom stereocenters. The number of hydrogen-bond donors (Lipinski definition) is 0. The van der Waals surface area contributed by atoms with Crippen LogP contribution in [-0.2, 0) is 10.1 Å². The summed E-state index contributed by atoms with van der Waals surface area (Å²) in [5, 5.41) is 2.89. The van der Waals surface area contributed by atoms with Crippen LogP contribution in [-0.4, -0.2) is 34.7 Å². The normalized spacial score (nSPS) is 19.6. The molecule has 0 amide bonds. The molecule has 1 aliphatic rings. The zero-order chi connectivity index (χ0) is 12.8. The minimum atomic E-state index is -0.0983. The number of morpholine rings is 1. The fourth-order valence-electron chi connectivity index (χ4n) is 2.40. The van der Waals surface area contributed by atoms with Gasteiger partial charge in [-0.3, -0.25) is 4.40 Å². The van der Waals surface area contributed by atoms with Crippen molar-refractivity contribution in [2.45, 2.75) is 24.8 Å². The molecule has 1 saturated heterocycles. The Balaban J connectivity index is 2.00. The molecule has 0 unspecified atom stereocenters. The van der Waals surface area contributed by atoms with E-state index in [0.717, 1.165) is 35.8 Å². The van der Waals surface area contributed by atoms with Crippen LogP contribution >= 0.6 is 27.3 Å². The molecule has 0 spiro atoms. The van der Waals surface area contributed by atoms with Gasteiger partial charge in [-0.05, 0) is 13.8 Å². The van der Waals surface area contributed by atoms with Gasteiger partial charge in [-0.25, -0.2) is 4.98 Å². The Morgan fingerprint density at radius 2 is 2.39 bits per heavy atom. The number of hydrogen-bond acceptors (Lipinski definition) is 4. The lowest BCUT2D eigenvalue weighted by Crippen LogP contribution is -2.48. The molecule has 4 nitrogen and oxygen atoms in total. The summed E-state index contributed by atoms with van der Waals surface area (Å²) in [5.74, 6) is 1.09. The largest absolute Gasteiger partial charge is 0.372 e. The van der Waals surface area contributed by atoms with E-state index in [-0.39, 0.29) is 5.60 Å². The van der Waals surface area contributed by atoms with E-state index < -0.39 is 0 Å². The Morgan fingerprint density at radius 3 is 3.11 bits per heavy atom. The van der Waals surface area contributed by atoms with E-state index in [2.05, 4.69) is 50.7 Å². The summed E-state index contributed by atoms with van der Waals surface area (Å²) in [5.41, 5.74) is 1.13. The lowest BCUT2D eigenvalue weighted by molar-refractivity contribution is -0.0279. The van der Waals surface area contributed by atoms with Gasteiger partial charge in [0.2, 0.25) is 0 Å². The van der Waals surface area contributed by atoms with Crippen LogP contribution in [0.2, 0.25) is 0 Å². The Kier molecular flexibility index (Phi) is 3.11. The topological polar surface area (TPSA) is 29.8 Å². The van der Waals surface area contributed by atoms with Crippen molar-refractivity contribution in [3.8, 4) is 0 Å². The zero-order valence-corrected chi connectivity index (χ0v) is 12.9. The fourth-order valence-corrected chi connectivity index (χ4v) is 3.64. The second-order valence-electron chi connectivity index (χ2n) is 5.10. The van der Waals surface area contributed by atoms with Crippen molar-refractivity contribution < 1.29 is 4.74 Å². The number of thiazole rings is 1. The number of rotatable bonds is 2. The molecule has 18 heavy (non-hydrogen) atoms. The van der Waals surface area contributed by atoms with Crippen molar-refractivity contribution >= 4 is 38.0 Å². The summed E-state index contributed by atoms with van der Waals surface area (Å²) in [6.45, 7) is 6.82. The van der Waals surface area contributed by atoms with E-state index in [1.54, 1.807) is 11.3 Å². The monoisotopic (exact) mass is 329 g/mol. The zero-order valence-electron chi connectivity index (χ0n) is 10.5. The molecule has 0 bridgehead atoms. The van der Waals surface area contributed by atoms with Crippen molar-refractivity contribution in [1.29, 1.82) is 0 Å². The third-order valence-electron chi connectivity index (χ3n) is 3.19. The third-order valence-corrected chi connectivity index (χ3v) is 4.48. The van der Waals surface area contributed by atoms with Crippen molar-refractivity contribution in [2.75, 3.05) is 24.6 Å². The van der Waals surface area contributed by atoms with Crippen molar-refractivity contribution in [3.05, 3.63) is 17.3 Å². The predicted molar refractivity (Wildman–Crippen MR) is 77.9 cm³/mol. The van der Waals surface area contributed by atoms with Crippen LogP contribution in [0.25, 0.3) is 4.96 Å². The maximum atomic E-state index is 5.76. The second-order valence-corrected chi connectivity index (χ2v) is 6.53. The number of fused-ring (bicyclic) bond motifs is 1. The Labute approximate surface area is 119 Å². The number of nitrogens with zero attached hydrogens (tertiary/aromatic N) is 3. The highest BCUT2D eigenvalue weighted by Crippen LogP contribution is 2.29. The predicted octanol–water partition coefficient (Wildman–Crippen LogP) is 2.91. The molecule has 0 saturated carbocycles. The molecule has 98 valence electrons. The van der Waals surface area contributed by atoms with E-state index in [9.17, 15) is 0 Å². The SMILES string of the molecule is CC1(C)CN(c2nc3sccn3c2CBr)CCO1. The quantitative estimate of drug-likeness (QED) is 0.793. The number of aromatic nitrogens is 2. The number of imidazole rings is 1. The van der Waals surface area contributed by atoms with Crippen molar-refractivity contribution in [1.82, 2.24) is 9.38 Å². The molecule has 6 heteroatoms. The van der Waals surface area contributed by atoms with Crippen LogP contribution in [0.5, 0.6) is 0 Å². The number of halogens is 1. The minimum absolute atomic E-state index is 0.0983. The minimum Gasteiger partial charge on any atom is -0.372 e. The summed E-state index contributed by atoms with van der Waals surface area (Å²) < 4.78 is 7.92. The molecule has 0 aliphatic carbocycles. The smallest absolute Gasteiger partial charge is 0.195 e. The van der Waals surface area contributed by atoms with Gasteiger partial charge >= 0.3 is 0 Å². The third kappa shape index (κ3) is 2.06. The van der Waals surface area contributed by atoms with Gasteiger partial charge in [-0.15, -0.1) is 11.3 Å². The van der Waals surface area contributed by atoms with E-state index >= 15 is 0 Å². The van der Waals surface area contributed by atoms with E-state index in [1.165, 1.54) is 5.69 Å². The Hall–Kier alpha value is -0.590. The highest BCUT2D eigenvalue weighted by atomic mass is 79.9. The first-order valence-electron chi connectivity index (χ1n) is 6.00. The van der Waals surface area contributed by atoms with Gasteiger partial charge in [0.05, 0.1) is 17.9 Å². The molecular weight excluding hydrogens is 314 g/mol. The molecule has 2 aromatic heterocycles. The number of anilines is 1. The number of ether oxygens (including phenoxy) is 1.